The van der Waals surface area contributed by atoms with Gasteiger partial charge in [0, 0.05) is 28.4 Å². The van der Waals surface area contributed by atoms with Gasteiger partial charge in [-0.05, 0) is 68.1 Å². The highest BCUT2D eigenvalue weighted by atomic mass is 35.5. The van der Waals surface area contributed by atoms with E-state index in [0.29, 0.717) is 15.9 Å². The Morgan fingerprint density at radius 2 is 1.82 bits per heavy atom. The van der Waals surface area contributed by atoms with Crippen LogP contribution in [0.2, 0.25) is 0 Å². The maximum atomic E-state index is 15.0. The van der Waals surface area contributed by atoms with Crippen molar-refractivity contribution in [1.29, 1.82) is 0 Å². The maximum absolute atomic E-state index is 15.0. The molecule has 144 valence electrons. The van der Waals surface area contributed by atoms with E-state index in [4.69, 9.17) is 0 Å². The second-order valence-corrected chi connectivity index (χ2v) is 7.93. The van der Waals surface area contributed by atoms with Crippen LogP contribution >= 0.6 is 23.9 Å². The van der Waals surface area contributed by atoms with E-state index in [-0.39, 0.29) is 29.2 Å². The van der Waals surface area contributed by atoms with E-state index in [9.17, 15) is 14.0 Å². The summed E-state index contributed by atoms with van der Waals surface area (Å²) in [5.74, 6) is -0.474. The van der Waals surface area contributed by atoms with Crippen LogP contribution in [0.3, 0.4) is 0 Å². The number of benzene rings is 1. The Balaban J connectivity index is 0.00000192. The van der Waals surface area contributed by atoms with E-state index in [1.807, 2.05) is 30.5 Å². The van der Waals surface area contributed by atoms with Crippen molar-refractivity contribution in [2.24, 2.45) is 0 Å². The van der Waals surface area contributed by atoms with Crippen molar-refractivity contribution in [2.45, 2.75) is 32.7 Å². The minimum absolute atomic E-state index is 0. The number of H-pyrrole nitrogens is 1. The lowest BCUT2D eigenvalue weighted by Gasteiger charge is -2.14. The molecule has 0 aliphatic heterocycles. The van der Waals surface area contributed by atoms with E-state index in [0.717, 1.165) is 29.8 Å². The average Bonchev–Trinajstić information content (AvgIpc) is 3.37. The molecule has 0 radical (unpaired) electrons. The van der Waals surface area contributed by atoms with Crippen LogP contribution in [0.1, 0.15) is 30.3 Å². The quantitative estimate of drug-likeness (QED) is 0.523. The molecule has 1 aliphatic rings. The summed E-state index contributed by atoms with van der Waals surface area (Å²) >= 11 is 1.17. The molecule has 1 aliphatic carbocycles. The lowest BCUT2D eigenvalue weighted by Crippen LogP contribution is -2.15. The van der Waals surface area contributed by atoms with Gasteiger partial charge in [0.25, 0.3) is 5.56 Å². The second kappa shape index (κ2) is 6.53. The van der Waals surface area contributed by atoms with Gasteiger partial charge in [0.05, 0.1) is 5.52 Å². The summed E-state index contributed by atoms with van der Waals surface area (Å²) in [6, 6.07) is 6.92. The van der Waals surface area contributed by atoms with Gasteiger partial charge in [-0.25, -0.2) is 4.39 Å². The lowest BCUT2D eigenvalue weighted by molar-refractivity contribution is 0.632. The van der Waals surface area contributed by atoms with Gasteiger partial charge in [-0.3, -0.25) is 18.9 Å². The van der Waals surface area contributed by atoms with Crippen LogP contribution in [-0.4, -0.2) is 13.9 Å². The number of hydrogen-bond acceptors (Lipinski definition) is 4. The van der Waals surface area contributed by atoms with E-state index in [1.54, 1.807) is 6.07 Å². The number of pyridine rings is 2. The third-order valence-corrected chi connectivity index (χ3v) is 5.90. The van der Waals surface area contributed by atoms with Crippen LogP contribution in [0.15, 0.2) is 33.9 Å². The second-order valence-electron chi connectivity index (χ2n) is 7.13. The Hall–Kier alpha value is -2.51. The third kappa shape index (κ3) is 2.77. The number of hydrogen-bond donors (Lipinski definition) is 1. The predicted molar refractivity (Wildman–Crippen MR) is 112 cm³/mol. The van der Waals surface area contributed by atoms with E-state index in [1.165, 1.54) is 17.6 Å². The van der Waals surface area contributed by atoms with Gasteiger partial charge in [0.2, 0.25) is 5.43 Å². The van der Waals surface area contributed by atoms with Crippen molar-refractivity contribution in [3.05, 3.63) is 62.0 Å². The van der Waals surface area contributed by atoms with Gasteiger partial charge in [0.1, 0.15) is 16.0 Å². The molecular formula is C20H17ClFN3O2S. The number of rotatable bonds is 2. The average molecular weight is 418 g/mol. The van der Waals surface area contributed by atoms with Gasteiger partial charge in [-0.1, -0.05) is 0 Å². The minimum atomic E-state index is -0.474. The van der Waals surface area contributed by atoms with Gasteiger partial charge < -0.3 is 4.57 Å². The zero-order chi connectivity index (χ0) is 18.9. The molecule has 0 unspecified atom stereocenters. The van der Waals surface area contributed by atoms with Crippen molar-refractivity contribution in [1.82, 2.24) is 13.9 Å². The highest BCUT2D eigenvalue weighted by Crippen LogP contribution is 2.40. The number of halogens is 2. The fourth-order valence-corrected chi connectivity index (χ4v) is 4.68. The fourth-order valence-electron chi connectivity index (χ4n) is 3.76. The van der Waals surface area contributed by atoms with Crippen molar-refractivity contribution >= 4 is 45.1 Å². The lowest BCUT2D eigenvalue weighted by atomic mass is 10.0. The first-order chi connectivity index (χ1) is 12.9. The molecule has 1 fully saturated rings. The Kier molecular flexibility index (Phi) is 4.39. The number of nitrogens with zero attached hydrogens (tertiary/aromatic N) is 2. The molecule has 3 aromatic heterocycles. The number of aromatic nitrogens is 3. The predicted octanol–water partition coefficient (Wildman–Crippen LogP) is 4.48. The van der Waals surface area contributed by atoms with Crippen LogP contribution in [0.5, 0.6) is 0 Å². The monoisotopic (exact) mass is 417 g/mol. The molecule has 0 spiro atoms. The van der Waals surface area contributed by atoms with Gasteiger partial charge >= 0.3 is 0 Å². The summed E-state index contributed by atoms with van der Waals surface area (Å²) < 4.78 is 19.7. The van der Waals surface area contributed by atoms with Gasteiger partial charge in [-0.2, -0.15) is 0 Å². The van der Waals surface area contributed by atoms with Gasteiger partial charge in [0.15, 0.2) is 0 Å². The molecule has 5 rings (SSSR count). The molecule has 3 heterocycles. The number of fused-ring (bicyclic) bond motifs is 2. The first kappa shape index (κ1) is 18.8. The molecule has 0 amide bonds. The van der Waals surface area contributed by atoms with E-state index >= 15 is 0 Å². The molecule has 0 bridgehead atoms. The van der Waals surface area contributed by atoms with Crippen LogP contribution in [-0.2, 0) is 0 Å². The Bertz CT molecular complexity index is 1350. The molecular weight excluding hydrogens is 401 g/mol. The highest BCUT2D eigenvalue weighted by Gasteiger charge is 2.29. The summed E-state index contributed by atoms with van der Waals surface area (Å²) in [7, 11) is 0. The number of nitrogens with one attached hydrogen (secondary N) is 1. The SMILES string of the molecule is Cc1cc(-c2cc3c(cc2F)c(=O)c2c(=O)[nH]sc2n3C2CC2)cc(C)n1.Cl. The summed E-state index contributed by atoms with van der Waals surface area (Å²) in [5, 5.41) is 0.379. The van der Waals surface area contributed by atoms with Crippen molar-refractivity contribution in [3.63, 3.8) is 0 Å². The minimum Gasteiger partial charge on any atom is -0.328 e. The van der Waals surface area contributed by atoms with Crippen LogP contribution in [0, 0.1) is 19.7 Å². The zero-order valence-electron chi connectivity index (χ0n) is 15.2. The molecule has 1 saturated carbocycles. The zero-order valence-corrected chi connectivity index (χ0v) is 16.8. The molecule has 5 nitrogen and oxygen atoms in total. The smallest absolute Gasteiger partial charge is 0.271 e. The number of aryl methyl sites for hydroxylation is 2. The summed E-state index contributed by atoms with van der Waals surface area (Å²) in [4.78, 5) is 30.0. The van der Waals surface area contributed by atoms with Crippen molar-refractivity contribution in [2.75, 3.05) is 0 Å². The molecule has 0 atom stereocenters. The Morgan fingerprint density at radius 1 is 1.14 bits per heavy atom. The molecule has 4 aromatic rings. The first-order valence-electron chi connectivity index (χ1n) is 8.78. The van der Waals surface area contributed by atoms with Gasteiger partial charge in [-0.15, -0.1) is 12.4 Å². The van der Waals surface area contributed by atoms with E-state index in [2.05, 4.69) is 9.36 Å². The standard InChI is InChI=1S/C20H16FN3O2S.ClH/c1-9-5-11(6-10(2)22-9)13-8-16-14(7-15(13)21)18(25)17-19(26)23-27-20(17)24(16)12-3-4-12;/h5-8,12H,3-4H2,1-2H3,(H,23,26);1H. The third-order valence-electron chi connectivity index (χ3n) is 5.02. The van der Waals surface area contributed by atoms with Crippen molar-refractivity contribution < 1.29 is 4.39 Å². The van der Waals surface area contributed by atoms with Crippen LogP contribution in [0.25, 0.3) is 32.2 Å². The normalized spacial score (nSPS) is 13.8. The number of aromatic amines is 1. The largest absolute Gasteiger partial charge is 0.328 e. The highest BCUT2D eigenvalue weighted by molar-refractivity contribution is 7.12. The maximum Gasteiger partial charge on any atom is 0.271 e. The van der Waals surface area contributed by atoms with Crippen molar-refractivity contribution in [3.8, 4) is 11.1 Å². The molecule has 8 heteroatoms. The summed E-state index contributed by atoms with van der Waals surface area (Å²) in [6.07, 6.45) is 1.97. The van der Waals surface area contributed by atoms with E-state index < -0.39 is 16.8 Å². The molecule has 28 heavy (non-hydrogen) atoms. The first-order valence-corrected chi connectivity index (χ1v) is 9.60. The fraction of sp³-hybridized carbons (Fsp3) is 0.250. The Morgan fingerprint density at radius 3 is 2.46 bits per heavy atom. The molecule has 1 N–H and O–H groups in total. The topological polar surface area (TPSA) is 67.8 Å². The molecule has 0 saturated heterocycles. The summed E-state index contributed by atoms with van der Waals surface area (Å²) in [5.41, 5.74) is 2.65. The molecule has 1 aromatic carbocycles. The summed E-state index contributed by atoms with van der Waals surface area (Å²) in [6.45, 7) is 3.74. The Labute approximate surface area is 169 Å². The van der Waals surface area contributed by atoms with Crippen LogP contribution < -0.4 is 11.0 Å². The van der Waals surface area contributed by atoms with Crippen LogP contribution in [0.4, 0.5) is 4.39 Å².